The van der Waals surface area contributed by atoms with Crippen molar-refractivity contribution in [1.82, 2.24) is 4.65 Å². The van der Waals surface area contributed by atoms with E-state index in [1.165, 1.54) is 0 Å². The summed E-state index contributed by atoms with van der Waals surface area (Å²) in [6, 6.07) is 13.3. The van der Waals surface area contributed by atoms with Crippen molar-refractivity contribution in [3.8, 4) is 0 Å². The van der Waals surface area contributed by atoms with Crippen LogP contribution < -0.4 is 4.65 Å². The van der Waals surface area contributed by atoms with E-state index in [4.69, 9.17) is 23.2 Å². The molecule has 0 aromatic heterocycles. The molecule has 0 saturated heterocycles. The van der Waals surface area contributed by atoms with Gasteiger partial charge in [0.25, 0.3) is 0 Å². The Bertz CT molecular complexity index is 733. The molecule has 0 amide bonds. The SMILES string of the molecule is CC[N+]([O-])(c1ccc(Cl)c(Cl)c1)C1(c2cccc(Br)c2)CCC1. The predicted molar refractivity (Wildman–Crippen MR) is 102 cm³/mol. The van der Waals surface area contributed by atoms with Gasteiger partial charge in [-0.05, 0) is 31.5 Å². The van der Waals surface area contributed by atoms with Gasteiger partial charge in [0.1, 0.15) is 11.2 Å². The molecule has 0 aliphatic heterocycles. The summed E-state index contributed by atoms with van der Waals surface area (Å²) in [4.78, 5) is 0. The van der Waals surface area contributed by atoms with Gasteiger partial charge in [0.15, 0.2) is 0 Å². The minimum Gasteiger partial charge on any atom is -0.627 e. The molecule has 0 radical (unpaired) electrons. The highest BCUT2D eigenvalue weighted by molar-refractivity contribution is 9.10. The third-order valence-corrected chi connectivity index (χ3v) is 6.23. The van der Waals surface area contributed by atoms with Crippen LogP contribution in [-0.2, 0) is 5.54 Å². The lowest BCUT2D eigenvalue weighted by molar-refractivity contribution is 0.0626. The van der Waals surface area contributed by atoms with Gasteiger partial charge in [-0.1, -0.05) is 51.3 Å². The first-order valence-electron chi connectivity index (χ1n) is 7.74. The second kappa shape index (κ2) is 6.38. The molecule has 5 heteroatoms. The van der Waals surface area contributed by atoms with Crippen molar-refractivity contribution < 1.29 is 0 Å². The summed E-state index contributed by atoms with van der Waals surface area (Å²) >= 11 is 15.7. The van der Waals surface area contributed by atoms with Crippen LogP contribution in [0.1, 0.15) is 31.7 Å². The Morgan fingerprint density at radius 1 is 1.13 bits per heavy atom. The second-order valence-electron chi connectivity index (χ2n) is 6.05. The number of quaternary nitrogens is 1. The Morgan fingerprint density at radius 3 is 2.39 bits per heavy atom. The quantitative estimate of drug-likeness (QED) is 0.405. The Hall–Kier alpha value is -0.580. The third kappa shape index (κ3) is 2.73. The molecule has 23 heavy (non-hydrogen) atoms. The Labute approximate surface area is 155 Å². The van der Waals surface area contributed by atoms with E-state index in [-0.39, 0.29) is 0 Å². The molecule has 1 aliphatic carbocycles. The van der Waals surface area contributed by atoms with Crippen molar-refractivity contribution in [3.63, 3.8) is 0 Å². The minimum atomic E-state index is -0.449. The van der Waals surface area contributed by atoms with Gasteiger partial charge < -0.3 is 9.85 Å². The molecular formula is C18H18BrCl2NO. The molecule has 1 aliphatic rings. The van der Waals surface area contributed by atoms with E-state index >= 15 is 0 Å². The number of nitrogens with zero attached hydrogens (tertiary/aromatic N) is 1. The molecule has 3 rings (SSSR count). The zero-order valence-electron chi connectivity index (χ0n) is 12.9. The highest BCUT2D eigenvalue weighted by Crippen LogP contribution is 2.53. The average molecular weight is 415 g/mol. The second-order valence-corrected chi connectivity index (χ2v) is 7.78. The summed E-state index contributed by atoms with van der Waals surface area (Å²) < 4.78 is 0.596. The van der Waals surface area contributed by atoms with Gasteiger partial charge in [0.2, 0.25) is 0 Å². The van der Waals surface area contributed by atoms with Gasteiger partial charge in [-0.25, -0.2) is 0 Å². The molecule has 2 nitrogen and oxygen atoms in total. The third-order valence-electron chi connectivity index (χ3n) is 5.00. The zero-order valence-corrected chi connectivity index (χ0v) is 16.0. The predicted octanol–water partition coefficient (Wildman–Crippen LogP) is 6.66. The summed E-state index contributed by atoms with van der Waals surface area (Å²) in [6.45, 7) is 2.39. The van der Waals surface area contributed by atoms with Crippen molar-refractivity contribution in [2.24, 2.45) is 0 Å². The number of hydroxylamine groups is 2. The Morgan fingerprint density at radius 2 is 1.87 bits per heavy atom. The number of benzene rings is 2. The van der Waals surface area contributed by atoms with Crippen molar-refractivity contribution in [3.05, 3.63) is 67.8 Å². The van der Waals surface area contributed by atoms with Crippen molar-refractivity contribution in [1.29, 1.82) is 0 Å². The largest absolute Gasteiger partial charge is 0.627 e. The number of halogens is 3. The van der Waals surface area contributed by atoms with E-state index in [1.54, 1.807) is 12.1 Å². The van der Waals surface area contributed by atoms with Gasteiger partial charge in [-0.15, -0.1) is 0 Å². The summed E-state index contributed by atoms with van der Waals surface area (Å²) in [5.41, 5.74) is 1.30. The number of rotatable bonds is 4. The number of hydrogen-bond donors (Lipinski definition) is 0. The van der Waals surface area contributed by atoms with E-state index in [9.17, 15) is 5.21 Å². The van der Waals surface area contributed by atoms with Crippen molar-refractivity contribution >= 4 is 44.8 Å². The van der Waals surface area contributed by atoms with Gasteiger partial charge in [0, 0.05) is 35.0 Å². The monoisotopic (exact) mass is 413 g/mol. The van der Waals surface area contributed by atoms with E-state index in [0.717, 1.165) is 29.3 Å². The molecule has 122 valence electrons. The van der Waals surface area contributed by atoms with Crippen molar-refractivity contribution in [2.45, 2.75) is 31.7 Å². The molecule has 0 heterocycles. The summed E-state index contributed by atoms with van der Waals surface area (Å²) in [5.74, 6) is 0. The highest BCUT2D eigenvalue weighted by Gasteiger charge is 2.52. The lowest BCUT2D eigenvalue weighted by Crippen LogP contribution is -2.63. The van der Waals surface area contributed by atoms with Crippen molar-refractivity contribution in [2.75, 3.05) is 6.54 Å². The standard InChI is InChI=1S/C18H18BrCl2NO/c1-2-22(23,15-7-8-16(20)17(21)12-15)18(9-4-10-18)13-5-3-6-14(19)11-13/h3,5-8,11-12H,2,4,9-10H2,1H3. The van der Waals surface area contributed by atoms with Gasteiger partial charge in [0.05, 0.1) is 16.6 Å². The maximum Gasteiger partial charge on any atom is 0.135 e. The van der Waals surface area contributed by atoms with E-state index < -0.39 is 10.2 Å². The molecule has 1 saturated carbocycles. The smallest absolute Gasteiger partial charge is 0.135 e. The topological polar surface area (TPSA) is 23.1 Å². The lowest BCUT2D eigenvalue weighted by Gasteiger charge is -2.60. The van der Waals surface area contributed by atoms with Crippen LogP contribution >= 0.6 is 39.1 Å². The first-order valence-corrected chi connectivity index (χ1v) is 9.29. The van der Waals surface area contributed by atoms with Crippen LogP contribution in [0.25, 0.3) is 0 Å². The average Bonchev–Trinajstić information content (AvgIpc) is 2.48. The van der Waals surface area contributed by atoms with Crippen LogP contribution in [0.15, 0.2) is 46.9 Å². The molecule has 0 bridgehead atoms. The summed E-state index contributed by atoms with van der Waals surface area (Å²) in [5, 5.41) is 14.9. The van der Waals surface area contributed by atoms with Crippen LogP contribution in [-0.4, -0.2) is 6.54 Å². The first-order chi connectivity index (χ1) is 10.9. The maximum absolute atomic E-state index is 14.0. The molecule has 1 atom stereocenters. The van der Waals surface area contributed by atoms with E-state index in [0.29, 0.717) is 22.3 Å². The summed E-state index contributed by atoms with van der Waals surface area (Å²) in [7, 11) is 0. The maximum atomic E-state index is 14.0. The van der Waals surface area contributed by atoms with Gasteiger partial charge >= 0.3 is 0 Å². The van der Waals surface area contributed by atoms with Crippen LogP contribution in [0, 0.1) is 5.21 Å². The Kier molecular flexibility index (Phi) is 4.78. The van der Waals surface area contributed by atoms with Gasteiger partial charge in [-0.3, -0.25) is 0 Å². The fourth-order valence-electron chi connectivity index (χ4n) is 3.59. The van der Waals surface area contributed by atoms with Crippen LogP contribution in [0.4, 0.5) is 5.69 Å². The normalized spacial score (nSPS) is 19.0. The molecule has 2 aromatic carbocycles. The Balaban J connectivity index is 2.15. The fraction of sp³-hybridized carbons (Fsp3) is 0.333. The molecule has 1 fully saturated rings. The molecule has 1 unspecified atom stereocenters. The molecule has 0 spiro atoms. The summed E-state index contributed by atoms with van der Waals surface area (Å²) in [6.07, 6.45) is 2.82. The lowest BCUT2D eigenvalue weighted by atomic mass is 9.69. The molecular weight excluding hydrogens is 397 g/mol. The van der Waals surface area contributed by atoms with E-state index in [2.05, 4.69) is 28.1 Å². The fourth-order valence-corrected chi connectivity index (χ4v) is 4.28. The highest BCUT2D eigenvalue weighted by atomic mass is 79.9. The van der Waals surface area contributed by atoms with Crippen LogP contribution in [0.3, 0.4) is 0 Å². The number of hydrogen-bond acceptors (Lipinski definition) is 1. The van der Waals surface area contributed by atoms with Gasteiger partial charge in [-0.2, -0.15) is 0 Å². The van der Waals surface area contributed by atoms with E-state index in [1.807, 2.05) is 25.1 Å². The first kappa shape index (κ1) is 17.2. The zero-order chi connectivity index (χ0) is 16.7. The molecule has 0 N–H and O–H groups in total. The molecule has 2 aromatic rings. The van der Waals surface area contributed by atoms with Crippen LogP contribution in [0.5, 0.6) is 0 Å². The minimum absolute atomic E-state index is 0.402. The van der Waals surface area contributed by atoms with Crippen LogP contribution in [0.2, 0.25) is 10.0 Å².